The van der Waals surface area contributed by atoms with E-state index in [0.717, 1.165) is 19.4 Å². The first-order chi connectivity index (χ1) is 12.8. The Hall–Kier alpha value is -2.43. The Morgan fingerprint density at radius 2 is 1.73 bits per heavy atom. The molecule has 2 aromatic rings. The van der Waals surface area contributed by atoms with E-state index in [1.807, 2.05) is 30.6 Å². The summed E-state index contributed by atoms with van der Waals surface area (Å²) in [5.41, 5.74) is 2.38. The van der Waals surface area contributed by atoms with Crippen molar-refractivity contribution in [2.24, 2.45) is 5.92 Å². The van der Waals surface area contributed by atoms with Crippen LogP contribution in [0.25, 0.3) is 0 Å². The van der Waals surface area contributed by atoms with E-state index >= 15 is 0 Å². The normalized spacial score (nSPS) is 27.8. The van der Waals surface area contributed by atoms with Crippen LogP contribution in [0.3, 0.4) is 0 Å². The van der Waals surface area contributed by atoms with Gasteiger partial charge in [-0.15, -0.1) is 0 Å². The summed E-state index contributed by atoms with van der Waals surface area (Å²) >= 11 is 0. The minimum atomic E-state index is 0.220. The first-order valence-corrected chi connectivity index (χ1v) is 9.67. The second-order valence-corrected chi connectivity index (χ2v) is 7.91. The minimum Gasteiger partial charge on any atom is -0.319 e. The van der Waals surface area contributed by atoms with Crippen molar-refractivity contribution in [3.63, 3.8) is 0 Å². The van der Waals surface area contributed by atoms with Crippen molar-refractivity contribution in [3.05, 3.63) is 60.2 Å². The Labute approximate surface area is 154 Å². The van der Waals surface area contributed by atoms with Gasteiger partial charge >= 0.3 is 6.03 Å². The molecule has 0 spiro atoms. The van der Waals surface area contributed by atoms with Gasteiger partial charge in [0.15, 0.2) is 0 Å². The molecule has 0 bridgehead atoms. The number of carbonyl (C=O) groups excluding carboxylic acids is 1. The molecule has 1 aromatic carbocycles. The molecule has 1 aromatic heterocycles. The standard InChI is InChI=1S/C21H24N4O/c26-21-24(12-15-4-2-1-3-5-15)19-9-8-18(17-10-22-14-23-11-17)20(19)25(21)13-16-6-7-16/h1-5,10-11,14,16,18-20H,6-9,12-13H2/t18-,19-,20+/m0/s1. The van der Waals surface area contributed by atoms with Gasteiger partial charge in [-0.1, -0.05) is 30.3 Å². The van der Waals surface area contributed by atoms with E-state index in [2.05, 4.69) is 31.9 Å². The molecule has 1 saturated heterocycles. The van der Waals surface area contributed by atoms with Crippen LogP contribution in [0.15, 0.2) is 49.1 Å². The molecule has 0 N–H and O–H groups in total. The zero-order valence-electron chi connectivity index (χ0n) is 14.9. The smallest absolute Gasteiger partial charge is 0.319 e. The molecule has 2 heterocycles. The van der Waals surface area contributed by atoms with Gasteiger partial charge in [0.1, 0.15) is 6.33 Å². The topological polar surface area (TPSA) is 49.3 Å². The summed E-state index contributed by atoms with van der Waals surface area (Å²) in [6, 6.07) is 11.1. The van der Waals surface area contributed by atoms with Gasteiger partial charge in [0.2, 0.25) is 0 Å². The molecule has 3 fully saturated rings. The second kappa shape index (κ2) is 6.38. The number of amides is 2. The number of hydrogen-bond acceptors (Lipinski definition) is 3. The van der Waals surface area contributed by atoms with Crippen molar-refractivity contribution < 1.29 is 4.79 Å². The van der Waals surface area contributed by atoms with Crippen LogP contribution in [0.2, 0.25) is 0 Å². The fraction of sp³-hybridized carbons (Fsp3) is 0.476. The van der Waals surface area contributed by atoms with Crippen LogP contribution < -0.4 is 0 Å². The van der Waals surface area contributed by atoms with Crippen LogP contribution in [0.1, 0.15) is 42.7 Å². The van der Waals surface area contributed by atoms with Crippen LogP contribution in [0.4, 0.5) is 4.79 Å². The molecule has 2 aliphatic carbocycles. The third-order valence-electron chi connectivity index (χ3n) is 6.19. The Balaban J connectivity index is 1.45. The maximum Gasteiger partial charge on any atom is 0.320 e. The molecule has 0 unspecified atom stereocenters. The first-order valence-electron chi connectivity index (χ1n) is 9.67. The number of benzene rings is 1. The monoisotopic (exact) mass is 348 g/mol. The van der Waals surface area contributed by atoms with Crippen LogP contribution in [0, 0.1) is 5.92 Å². The third-order valence-corrected chi connectivity index (χ3v) is 6.19. The van der Waals surface area contributed by atoms with Crippen molar-refractivity contribution in [2.75, 3.05) is 6.54 Å². The summed E-state index contributed by atoms with van der Waals surface area (Å²) in [6.45, 7) is 1.62. The lowest BCUT2D eigenvalue weighted by Crippen LogP contribution is -2.39. The van der Waals surface area contributed by atoms with Crippen molar-refractivity contribution in [2.45, 2.75) is 50.2 Å². The van der Waals surface area contributed by atoms with E-state index in [4.69, 9.17) is 0 Å². The Morgan fingerprint density at radius 3 is 2.46 bits per heavy atom. The Bertz CT molecular complexity index is 777. The number of fused-ring (bicyclic) bond motifs is 1. The fourth-order valence-electron chi connectivity index (χ4n) is 4.77. The molecule has 26 heavy (non-hydrogen) atoms. The highest BCUT2D eigenvalue weighted by atomic mass is 16.2. The van der Waals surface area contributed by atoms with E-state index in [1.54, 1.807) is 6.33 Å². The predicted molar refractivity (Wildman–Crippen MR) is 98.4 cm³/mol. The molecule has 3 aliphatic rings. The van der Waals surface area contributed by atoms with E-state index < -0.39 is 0 Å². The lowest BCUT2D eigenvalue weighted by atomic mass is 9.95. The highest BCUT2D eigenvalue weighted by molar-refractivity contribution is 5.78. The quantitative estimate of drug-likeness (QED) is 0.832. The van der Waals surface area contributed by atoms with E-state index in [-0.39, 0.29) is 12.1 Å². The minimum absolute atomic E-state index is 0.220. The number of aromatic nitrogens is 2. The van der Waals surface area contributed by atoms with E-state index in [1.165, 1.54) is 24.0 Å². The van der Waals surface area contributed by atoms with Crippen molar-refractivity contribution >= 4 is 6.03 Å². The molecule has 2 amide bonds. The highest BCUT2D eigenvalue weighted by Gasteiger charge is 2.53. The molecule has 1 aliphatic heterocycles. The molecule has 2 saturated carbocycles. The number of urea groups is 1. The average molecular weight is 348 g/mol. The van der Waals surface area contributed by atoms with Gasteiger partial charge in [0, 0.05) is 31.4 Å². The molecule has 3 atom stereocenters. The molecular weight excluding hydrogens is 324 g/mol. The van der Waals surface area contributed by atoms with Gasteiger partial charge < -0.3 is 9.80 Å². The summed E-state index contributed by atoms with van der Waals surface area (Å²) < 4.78 is 0. The number of hydrogen-bond donors (Lipinski definition) is 0. The molecule has 0 radical (unpaired) electrons. The first kappa shape index (κ1) is 15.8. The van der Waals surface area contributed by atoms with E-state index in [9.17, 15) is 4.79 Å². The molecular formula is C21H24N4O. The molecule has 5 rings (SSSR count). The summed E-state index contributed by atoms with van der Waals surface area (Å²) in [5.74, 6) is 1.05. The SMILES string of the molecule is O=C1N(CC2CC2)[C@@H]2[C@H](c3cncnc3)CC[C@@H]2N1Cc1ccccc1. The average Bonchev–Trinajstić information content (AvgIpc) is 3.35. The zero-order chi connectivity index (χ0) is 17.5. The lowest BCUT2D eigenvalue weighted by molar-refractivity contribution is 0.175. The molecule has 5 nitrogen and oxygen atoms in total. The number of rotatable bonds is 5. The summed E-state index contributed by atoms with van der Waals surface area (Å²) in [7, 11) is 0. The van der Waals surface area contributed by atoms with Gasteiger partial charge in [-0.2, -0.15) is 0 Å². The zero-order valence-corrected chi connectivity index (χ0v) is 14.9. The number of carbonyl (C=O) groups is 1. The van der Waals surface area contributed by atoms with Crippen LogP contribution >= 0.6 is 0 Å². The van der Waals surface area contributed by atoms with Crippen LogP contribution in [-0.2, 0) is 6.54 Å². The molecule has 5 heteroatoms. The number of nitrogens with zero attached hydrogens (tertiary/aromatic N) is 4. The van der Waals surface area contributed by atoms with Gasteiger partial charge in [-0.05, 0) is 42.7 Å². The van der Waals surface area contributed by atoms with Crippen molar-refractivity contribution in [3.8, 4) is 0 Å². The summed E-state index contributed by atoms with van der Waals surface area (Å²) in [6.07, 6.45) is 10.1. The molecule has 134 valence electrons. The van der Waals surface area contributed by atoms with Gasteiger partial charge in [-0.25, -0.2) is 14.8 Å². The van der Waals surface area contributed by atoms with Crippen LogP contribution in [0.5, 0.6) is 0 Å². The van der Waals surface area contributed by atoms with E-state index in [0.29, 0.717) is 24.4 Å². The second-order valence-electron chi connectivity index (χ2n) is 7.91. The van der Waals surface area contributed by atoms with Gasteiger partial charge in [-0.3, -0.25) is 0 Å². The third kappa shape index (κ3) is 2.75. The lowest BCUT2D eigenvalue weighted by Gasteiger charge is -2.27. The van der Waals surface area contributed by atoms with Crippen molar-refractivity contribution in [1.29, 1.82) is 0 Å². The highest BCUT2D eigenvalue weighted by Crippen LogP contribution is 2.46. The summed E-state index contributed by atoms with van der Waals surface area (Å²) in [4.78, 5) is 26.0. The summed E-state index contributed by atoms with van der Waals surface area (Å²) in [5, 5.41) is 0. The van der Waals surface area contributed by atoms with Crippen LogP contribution in [-0.4, -0.2) is 44.4 Å². The van der Waals surface area contributed by atoms with Crippen molar-refractivity contribution in [1.82, 2.24) is 19.8 Å². The van der Waals surface area contributed by atoms with Gasteiger partial charge in [0.05, 0.1) is 12.1 Å². The van der Waals surface area contributed by atoms with Gasteiger partial charge in [0.25, 0.3) is 0 Å². The Morgan fingerprint density at radius 1 is 0.962 bits per heavy atom. The fourth-order valence-corrected chi connectivity index (χ4v) is 4.77. The maximum atomic E-state index is 13.3. The predicted octanol–water partition coefficient (Wildman–Crippen LogP) is 3.44. The maximum absolute atomic E-state index is 13.3. The Kier molecular flexibility index (Phi) is 3.88. The largest absolute Gasteiger partial charge is 0.320 e.